The molecule has 0 saturated carbocycles. The van der Waals surface area contributed by atoms with Crippen molar-refractivity contribution in [1.82, 2.24) is 10.2 Å². The number of ether oxygens (including phenoxy) is 1. The Morgan fingerprint density at radius 1 is 0.902 bits per heavy atom. The molecule has 3 rings (SSSR count). The molecule has 0 unspecified atom stereocenters. The maximum Gasteiger partial charge on any atom is 0.325 e. The van der Waals surface area contributed by atoms with Crippen LogP contribution in [0.25, 0.3) is 0 Å². The maximum atomic E-state index is 13.1. The second-order valence-corrected chi connectivity index (χ2v) is 9.37. The van der Waals surface area contributed by atoms with Gasteiger partial charge in [0.15, 0.2) is 0 Å². The Labute approximate surface area is 238 Å². The number of benzene rings is 3. The first-order chi connectivity index (χ1) is 19.4. The Morgan fingerprint density at radius 3 is 2.07 bits per heavy atom. The number of esters is 1. The smallest absolute Gasteiger partial charge is 0.325 e. The number of imide groups is 1. The van der Waals surface area contributed by atoms with Gasteiger partial charge in [0.25, 0.3) is 11.8 Å². The van der Waals surface area contributed by atoms with Gasteiger partial charge >= 0.3 is 5.97 Å². The van der Waals surface area contributed by atoms with E-state index in [2.05, 4.69) is 4.74 Å². The maximum absolute atomic E-state index is 13.1. The standard InChI is InChI=1S/C20H25N3O2.C10H9F2NO3/c1-15-7-6-8-16(11-15)13-23(14-24)20(25)18-12-17(21(2)3)9-10-19(18)22(4)5;1-16-8(14)5-13-10(15)9-6(11)3-2-4-7(9)12/h6-12,14H,13H2,1-5H3;2-4H,5H2,1H3,(H,13,15). The summed E-state index contributed by atoms with van der Waals surface area (Å²) in [4.78, 5) is 51.6. The van der Waals surface area contributed by atoms with Crippen LogP contribution in [0.1, 0.15) is 31.8 Å². The minimum Gasteiger partial charge on any atom is -0.468 e. The third-order valence-corrected chi connectivity index (χ3v) is 5.84. The molecule has 3 amide bonds. The van der Waals surface area contributed by atoms with E-state index in [1.165, 1.54) is 4.90 Å². The van der Waals surface area contributed by atoms with Gasteiger partial charge in [0.05, 0.1) is 19.2 Å². The third-order valence-electron chi connectivity index (χ3n) is 5.84. The average molecular weight is 569 g/mol. The van der Waals surface area contributed by atoms with Gasteiger partial charge in [-0.3, -0.25) is 24.1 Å². The van der Waals surface area contributed by atoms with Crippen LogP contribution in [0.4, 0.5) is 20.2 Å². The molecule has 0 fully saturated rings. The first kappa shape index (κ1) is 32.4. The number of aryl methyl sites for hydroxylation is 1. The Morgan fingerprint density at radius 2 is 1.54 bits per heavy atom. The fourth-order valence-corrected chi connectivity index (χ4v) is 3.71. The van der Waals surface area contributed by atoms with Crippen LogP contribution in [-0.4, -0.2) is 70.9 Å². The van der Waals surface area contributed by atoms with E-state index in [9.17, 15) is 28.0 Å². The molecule has 0 atom stereocenters. The van der Waals surface area contributed by atoms with E-state index in [4.69, 9.17) is 0 Å². The summed E-state index contributed by atoms with van der Waals surface area (Å²) in [6.07, 6.45) is 0.604. The van der Waals surface area contributed by atoms with Gasteiger partial charge < -0.3 is 19.9 Å². The summed E-state index contributed by atoms with van der Waals surface area (Å²) in [6, 6.07) is 16.5. The van der Waals surface area contributed by atoms with E-state index in [0.29, 0.717) is 12.0 Å². The summed E-state index contributed by atoms with van der Waals surface area (Å²) in [5.74, 6) is -3.97. The van der Waals surface area contributed by atoms with Gasteiger partial charge in [-0.15, -0.1) is 0 Å². The molecule has 0 bridgehead atoms. The van der Waals surface area contributed by atoms with Crippen molar-refractivity contribution in [1.29, 1.82) is 0 Å². The summed E-state index contributed by atoms with van der Waals surface area (Å²) in [6.45, 7) is 1.80. The number of hydrogen-bond donors (Lipinski definition) is 1. The number of methoxy groups -OCH3 is 1. The minimum absolute atomic E-state index is 0.253. The van der Waals surface area contributed by atoms with Gasteiger partial charge in [-0.05, 0) is 42.8 Å². The van der Waals surface area contributed by atoms with Gasteiger partial charge in [0.2, 0.25) is 6.41 Å². The Balaban J connectivity index is 0.000000317. The van der Waals surface area contributed by atoms with E-state index in [1.54, 1.807) is 0 Å². The van der Waals surface area contributed by atoms with Gasteiger partial charge in [-0.1, -0.05) is 35.9 Å². The predicted octanol–water partition coefficient (Wildman–Crippen LogP) is 3.79. The second-order valence-electron chi connectivity index (χ2n) is 9.37. The topological polar surface area (TPSA) is 99.3 Å². The predicted molar refractivity (Wildman–Crippen MR) is 153 cm³/mol. The third kappa shape index (κ3) is 9.13. The zero-order valence-corrected chi connectivity index (χ0v) is 23.9. The number of carbonyl (C=O) groups excluding carboxylic acids is 4. The minimum atomic E-state index is -0.999. The molecule has 9 nitrogen and oxygen atoms in total. The molecule has 0 aliphatic heterocycles. The van der Waals surface area contributed by atoms with Crippen molar-refractivity contribution in [2.24, 2.45) is 0 Å². The highest BCUT2D eigenvalue weighted by Gasteiger charge is 2.21. The van der Waals surface area contributed by atoms with E-state index < -0.39 is 35.6 Å². The van der Waals surface area contributed by atoms with E-state index in [1.807, 2.05) is 92.7 Å². The quantitative estimate of drug-likeness (QED) is 0.310. The summed E-state index contributed by atoms with van der Waals surface area (Å²) in [5.41, 5.74) is 3.51. The highest BCUT2D eigenvalue weighted by molar-refractivity contribution is 6.05. The zero-order chi connectivity index (χ0) is 30.7. The number of carbonyl (C=O) groups is 4. The largest absolute Gasteiger partial charge is 0.468 e. The molecule has 0 spiro atoms. The number of halogens is 2. The first-order valence-electron chi connectivity index (χ1n) is 12.5. The molecule has 3 aromatic rings. The molecule has 1 N–H and O–H groups in total. The number of rotatable bonds is 9. The van der Waals surface area contributed by atoms with Crippen LogP contribution >= 0.6 is 0 Å². The Kier molecular flexibility index (Phi) is 11.9. The molecule has 0 heterocycles. The lowest BCUT2D eigenvalue weighted by atomic mass is 10.1. The van der Waals surface area contributed by atoms with Gasteiger partial charge in [0, 0.05) is 39.6 Å². The summed E-state index contributed by atoms with van der Waals surface area (Å²) < 4.78 is 30.4. The van der Waals surface area contributed by atoms with E-state index >= 15 is 0 Å². The van der Waals surface area contributed by atoms with E-state index in [-0.39, 0.29) is 12.5 Å². The number of hydrogen-bond acceptors (Lipinski definition) is 7. The lowest BCUT2D eigenvalue weighted by Gasteiger charge is -2.23. The van der Waals surface area contributed by atoms with Crippen molar-refractivity contribution in [3.8, 4) is 0 Å². The number of nitrogens with zero attached hydrogens (tertiary/aromatic N) is 3. The normalized spacial score (nSPS) is 10.0. The SMILES string of the molecule is COC(=O)CNC(=O)c1c(F)cccc1F.Cc1cccc(CN(C=O)C(=O)c2cc(N(C)C)ccc2N(C)C)c1. The molecule has 0 aliphatic carbocycles. The molecule has 11 heteroatoms. The molecular weight excluding hydrogens is 534 g/mol. The van der Waals surface area contributed by atoms with Crippen LogP contribution in [-0.2, 0) is 20.9 Å². The second kappa shape index (κ2) is 15.1. The van der Waals surface area contributed by atoms with Crippen molar-refractivity contribution < 1.29 is 32.7 Å². The number of amides is 3. The van der Waals surface area contributed by atoms with Crippen molar-refractivity contribution in [3.63, 3.8) is 0 Å². The summed E-state index contributed by atoms with van der Waals surface area (Å²) in [7, 11) is 8.74. The number of nitrogens with one attached hydrogen (secondary N) is 1. The molecule has 0 saturated heterocycles. The van der Waals surface area contributed by atoms with Crippen molar-refractivity contribution in [2.45, 2.75) is 13.5 Å². The summed E-state index contributed by atoms with van der Waals surface area (Å²) >= 11 is 0. The summed E-state index contributed by atoms with van der Waals surface area (Å²) in [5, 5.41) is 2.04. The fourth-order valence-electron chi connectivity index (χ4n) is 3.71. The lowest BCUT2D eigenvalue weighted by Crippen LogP contribution is -2.31. The van der Waals surface area contributed by atoms with Crippen molar-refractivity contribution in [2.75, 3.05) is 51.6 Å². The van der Waals surface area contributed by atoms with Crippen LogP contribution in [0.3, 0.4) is 0 Å². The molecule has 3 aromatic carbocycles. The van der Waals surface area contributed by atoms with Crippen molar-refractivity contribution >= 4 is 35.6 Å². The first-order valence-corrected chi connectivity index (χ1v) is 12.5. The number of anilines is 2. The Bertz CT molecular complexity index is 1370. The van der Waals surface area contributed by atoms with Gasteiger partial charge in [0.1, 0.15) is 23.7 Å². The Hall–Kier alpha value is -4.80. The highest BCUT2D eigenvalue weighted by Crippen LogP contribution is 2.26. The van der Waals surface area contributed by atoms with Crippen LogP contribution in [0.15, 0.2) is 60.7 Å². The zero-order valence-electron chi connectivity index (χ0n) is 23.9. The fraction of sp³-hybridized carbons (Fsp3) is 0.267. The van der Waals surface area contributed by atoms with Gasteiger partial charge in [-0.25, -0.2) is 8.78 Å². The highest BCUT2D eigenvalue weighted by atomic mass is 19.1. The molecular formula is C30H34F2N4O5. The van der Waals surface area contributed by atoms with Crippen LogP contribution in [0, 0.1) is 18.6 Å². The molecule has 0 aromatic heterocycles. The van der Waals surface area contributed by atoms with Crippen LogP contribution < -0.4 is 15.1 Å². The lowest BCUT2D eigenvalue weighted by molar-refractivity contribution is -0.139. The molecule has 218 valence electrons. The molecule has 0 aliphatic rings. The average Bonchev–Trinajstić information content (AvgIpc) is 2.94. The monoisotopic (exact) mass is 568 g/mol. The molecule has 0 radical (unpaired) electrons. The van der Waals surface area contributed by atoms with Gasteiger partial charge in [-0.2, -0.15) is 0 Å². The molecule has 41 heavy (non-hydrogen) atoms. The van der Waals surface area contributed by atoms with Crippen LogP contribution in [0.2, 0.25) is 0 Å². The van der Waals surface area contributed by atoms with Crippen LogP contribution in [0.5, 0.6) is 0 Å². The van der Waals surface area contributed by atoms with E-state index in [0.717, 1.165) is 47.8 Å². The van der Waals surface area contributed by atoms with Crippen molar-refractivity contribution in [3.05, 3.63) is 94.6 Å².